The van der Waals surface area contributed by atoms with E-state index in [0.29, 0.717) is 23.1 Å². The first-order chi connectivity index (χ1) is 14.0. The van der Waals surface area contributed by atoms with Crippen molar-refractivity contribution >= 4 is 44.3 Å². The molecule has 0 aliphatic rings. The van der Waals surface area contributed by atoms with Gasteiger partial charge in [0.25, 0.3) is 0 Å². The fourth-order valence-electron chi connectivity index (χ4n) is 2.60. The predicted molar refractivity (Wildman–Crippen MR) is 118 cm³/mol. The van der Waals surface area contributed by atoms with E-state index in [2.05, 4.69) is 42.1 Å². The van der Waals surface area contributed by atoms with E-state index in [4.69, 9.17) is 0 Å². The van der Waals surface area contributed by atoms with Gasteiger partial charge < -0.3 is 10.6 Å². The van der Waals surface area contributed by atoms with Gasteiger partial charge in [0.2, 0.25) is 11.0 Å². The average Bonchev–Trinajstić information content (AvgIpc) is 3.17. The minimum atomic E-state index is -0.746. The molecule has 3 rings (SSSR count). The molecular weight excluding hydrogens is 454 g/mol. The van der Waals surface area contributed by atoms with E-state index < -0.39 is 12.1 Å². The third kappa shape index (κ3) is 6.10. The third-order valence-electron chi connectivity index (χ3n) is 3.99. The van der Waals surface area contributed by atoms with Gasteiger partial charge >= 0.3 is 6.03 Å². The monoisotopic (exact) mass is 473 g/mol. The summed E-state index contributed by atoms with van der Waals surface area (Å²) in [6.45, 7) is 2.29. The average molecular weight is 474 g/mol. The molecule has 1 unspecified atom stereocenters. The molecule has 1 heterocycles. The lowest BCUT2D eigenvalue weighted by Crippen LogP contribution is -2.49. The van der Waals surface area contributed by atoms with Gasteiger partial charge in [-0.3, -0.25) is 10.1 Å². The van der Waals surface area contributed by atoms with E-state index in [9.17, 15) is 9.59 Å². The van der Waals surface area contributed by atoms with Crippen molar-refractivity contribution in [1.29, 1.82) is 0 Å². The minimum absolute atomic E-state index is 0.349. The number of hydrogen-bond acceptors (Lipinski definition) is 5. The fraction of sp³-hybridized carbons (Fsp3) is 0.200. The zero-order valence-corrected chi connectivity index (χ0v) is 18.1. The van der Waals surface area contributed by atoms with Crippen LogP contribution in [-0.2, 0) is 11.2 Å². The molecule has 1 aromatic heterocycles. The molecule has 0 saturated carbocycles. The number of rotatable bonds is 7. The molecule has 1 atom stereocenters. The summed E-state index contributed by atoms with van der Waals surface area (Å²) in [4.78, 5) is 24.8. The molecule has 0 aliphatic carbocycles. The predicted octanol–water partition coefficient (Wildman–Crippen LogP) is 3.84. The number of anilines is 1. The van der Waals surface area contributed by atoms with Gasteiger partial charge in [0.1, 0.15) is 11.0 Å². The Hall–Kier alpha value is -2.78. The molecule has 0 fully saturated rings. The van der Waals surface area contributed by atoms with Gasteiger partial charge in [-0.05, 0) is 24.6 Å². The molecule has 0 aliphatic heterocycles. The first kappa shape index (κ1) is 20.9. The number of carbonyl (C=O) groups is 2. The largest absolute Gasteiger partial charge is 0.338 e. The second kappa shape index (κ2) is 10.1. The van der Waals surface area contributed by atoms with E-state index in [1.165, 1.54) is 11.3 Å². The molecular formula is C20H20BrN5O2S. The molecule has 0 saturated heterocycles. The van der Waals surface area contributed by atoms with Crippen LogP contribution in [0.3, 0.4) is 0 Å². The Labute approximate surface area is 181 Å². The van der Waals surface area contributed by atoms with Crippen molar-refractivity contribution in [1.82, 2.24) is 20.8 Å². The van der Waals surface area contributed by atoms with Crippen LogP contribution in [-0.4, -0.2) is 34.7 Å². The van der Waals surface area contributed by atoms with Crippen LogP contribution < -0.4 is 16.0 Å². The highest BCUT2D eigenvalue weighted by Gasteiger charge is 2.22. The first-order valence-corrected chi connectivity index (χ1v) is 10.6. The van der Waals surface area contributed by atoms with E-state index in [1.54, 1.807) is 0 Å². The van der Waals surface area contributed by atoms with Crippen molar-refractivity contribution in [2.75, 3.05) is 11.9 Å². The van der Waals surface area contributed by atoms with Crippen molar-refractivity contribution in [3.8, 4) is 10.6 Å². The summed E-state index contributed by atoms with van der Waals surface area (Å²) in [5, 5.41) is 17.4. The minimum Gasteiger partial charge on any atom is -0.338 e. The third-order valence-corrected chi connectivity index (χ3v) is 5.40. The van der Waals surface area contributed by atoms with E-state index >= 15 is 0 Å². The van der Waals surface area contributed by atoms with Crippen molar-refractivity contribution < 1.29 is 9.59 Å². The molecule has 9 heteroatoms. The van der Waals surface area contributed by atoms with Crippen molar-refractivity contribution in [3.63, 3.8) is 0 Å². The molecule has 150 valence electrons. The molecule has 29 heavy (non-hydrogen) atoms. The number of carbonyl (C=O) groups excluding carboxylic acids is 2. The maximum atomic E-state index is 12.8. The Morgan fingerprint density at radius 2 is 1.79 bits per heavy atom. The Balaban J connectivity index is 1.71. The molecule has 2 aromatic carbocycles. The van der Waals surface area contributed by atoms with E-state index in [1.807, 2.05) is 61.5 Å². The molecule has 0 radical (unpaired) electrons. The maximum Gasteiger partial charge on any atom is 0.315 e. The standard InChI is InChI=1S/C20H20BrN5O2S/c1-2-22-19(28)23-16(12-13-6-4-3-5-7-13)17(27)24-20-26-25-18(29-20)14-8-10-15(21)11-9-14/h3-11,16H,2,12H2,1H3,(H2,22,23,28)(H,24,26,27). The summed E-state index contributed by atoms with van der Waals surface area (Å²) >= 11 is 4.68. The second-order valence-electron chi connectivity index (χ2n) is 6.15. The second-order valence-corrected chi connectivity index (χ2v) is 8.05. The summed E-state index contributed by atoms with van der Waals surface area (Å²) in [6, 6.07) is 16.1. The van der Waals surface area contributed by atoms with Crippen LogP contribution in [0.5, 0.6) is 0 Å². The molecule has 0 bridgehead atoms. The number of benzene rings is 2. The highest BCUT2D eigenvalue weighted by atomic mass is 79.9. The molecule has 7 nitrogen and oxygen atoms in total. The first-order valence-electron chi connectivity index (χ1n) is 9.03. The van der Waals surface area contributed by atoms with Crippen LogP contribution in [0.2, 0.25) is 0 Å². The Morgan fingerprint density at radius 3 is 2.48 bits per heavy atom. The van der Waals surface area contributed by atoms with Crippen molar-refractivity contribution in [2.45, 2.75) is 19.4 Å². The van der Waals surface area contributed by atoms with Gasteiger partial charge in [-0.2, -0.15) is 0 Å². The Bertz CT molecular complexity index is 963. The summed E-state index contributed by atoms with van der Waals surface area (Å²) in [7, 11) is 0. The van der Waals surface area contributed by atoms with Gasteiger partial charge in [-0.1, -0.05) is 69.7 Å². The lowest BCUT2D eigenvalue weighted by Gasteiger charge is -2.18. The highest BCUT2D eigenvalue weighted by molar-refractivity contribution is 9.10. The summed E-state index contributed by atoms with van der Waals surface area (Å²) in [5.41, 5.74) is 1.85. The summed E-state index contributed by atoms with van der Waals surface area (Å²) in [6.07, 6.45) is 0.363. The topological polar surface area (TPSA) is 96.0 Å². The normalized spacial score (nSPS) is 11.5. The van der Waals surface area contributed by atoms with Gasteiger partial charge in [-0.15, -0.1) is 10.2 Å². The van der Waals surface area contributed by atoms with E-state index in [0.717, 1.165) is 15.6 Å². The van der Waals surface area contributed by atoms with E-state index in [-0.39, 0.29) is 5.91 Å². The fourth-order valence-corrected chi connectivity index (χ4v) is 3.62. The summed E-state index contributed by atoms with van der Waals surface area (Å²) in [5.74, 6) is -0.349. The van der Waals surface area contributed by atoms with Gasteiger partial charge in [0.15, 0.2) is 0 Å². The number of urea groups is 1. The Morgan fingerprint density at radius 1 is 1.07 bits per heavy atom. The van der Waals surface area contributed by atoms with Gasteiger partial charge in [-0.25, -0.2) is 4.79 Å². The lowest BCUT2D eigenvalue weighted by molar-refractivity contribution is -0.117. The van der Waals surface area contributed by atoms with Crippen molar-refractivity contribution in [2.24, 2.45) is 0 Å². The lowest BCUT2D eigenvalue weighted by atomic mass is 10.1. The number of aromatic nitrogens is 2. The number of nitrogens with one attached hydrogen (secondary N) is 3. The molecule has 3 N–H and O–H groups in total. The molecule has 3 aromatic rings. The number of halogens is 1. The quantitative estimate of drug-likeness (QED) is 0.485. The molecule has 0 spiro atoms. The van der Waals surface area contributed by atoms with Crippen molar-refractivity contribution in [3.05, 3.63) is 64.6 Å². The number of amides is 3. The van der Waals surface area contributed by atoms with Crippen LogP contribution >= 0.6 is 27.3 Å². The molecule has 3 amide bonds. The van der Waals surface area contributed by atoms with Crippen LogP contribution in [0.4, 0.5) is 9.93 Å². The number of hydrogen-bond donors (Lipinski definition) is 3. The SMILES string of the molecule is CCNC(=O)NC(Cc1ccccc1)C(=O)Nc1nnc(-c2ccc(Br)cc2)s1. The van der Waals surface area contributed by atoms with Crippen LogP contribution in [0.1, 0.15) is 12.5 Å². The van der Waals surface area contributed by atoms with Crippen LogP contribution in [0, 0.1) is 0 Å². The Kier molecular flexibility index (Phi) is 7.31. The maximum absolute atomic E-state index is 12.8. The zero-order chi connectivity index (χ0) is 20.6. The number of nitrogens with zero attached hydrogens (tertiary/aromatic N) is 2. The van der Waals surface area contributed by atoms with Crippen LogP contribution in [0.25, 0.3) is 10.6 Å². The zero-order valence-electron chi connectivity index (χ0n) is 15.7. The summed E-state index contributed by atoms with van der Waals surface area (Å²) < 4.78 is 0.972. The van der Waals surface area contributed by atoms with Gasteiger partial charge in [0, 0.05) is 23.0 Å². The smallest absolute Gasteiger partial charge is 0.315 e. The van der Waals surface area contributed by atoms with Gasteiger partial charge in [0.05, 0.1) is 0 Å². The highest BCUT2D eigenvalue weighted by Crippen LogP contribution is 2.27. The van der Waals surface area contributed by atoms with Crippen LogP contribution in [0.15, 0.2) is 59.1 Å².